The molecule has 1 aromatic heterocycles. The first-order valence-electron chi connectivity index (χ1n) is 10.5. The van der Waals surface area contributed by atoms with Gasteiger partial charge >= 0.3 is 0 Å². The monoisotopic (exact) mass is 436 g/mol. The molecule has 162 valence electrons. The molecule has 0 saturated heterocycles. The van der Waals surface area contributed by atoms with E-state index in [1.807, 2.05) is 50.7 Å². The number of hydrogen-bond acceptors (Lipinski definition) is 6. The molecule has 0 bridgehead atoms. The average molecular weight is 437 g/mol. The third kappa shape index (κ3) is 4.83. The van der Waals surface area contributed by atoms with Crippen molar-refractivity contribution in [1.82, 2.24) is 14.8 Å². The predicted molar refractivity (Wildman–Crippen MR) is 125 cm³/mol. The highest BCUT2D eigenvalue weighted by atomic mass is 32.2. The van der Waals surface area contributed by atoms with Crippen molar-refractivity contribution in [2.75, 3.05) is 12.9 Å². The number of nitrogens with zero attached hydrogens (tertiary/aromatic N) is 4. The predicted octanol–water partition coefficient (Wildman–Crippen LogP) is 4.58. The smallest absolute Gasteiger partial charge is 0.159 e. The molecule has 0 saturated carbocycles. The number of aryl methyl sites for hydroxylation is 1. The summed E-state index contributed by atoms with van der Waals surface area (Å²) < 4.78 is 7.55. The van der Waals surface area contributed by atoms with E-state index in [9.17, 15) is 5.11 Å². The van der Waals surface area contributed by atoms with Crippen molar-refractivity contribution in [2.45, 2.75) is 50.7 Å². The van der Waals surface area contributed by atoms with Crippen molar-refractivity contribution < 1.29 is 9.84 Å². The van der Waals surface area contributed by atoms with Crippen LogP contribution in [0.25, 0.3) is 5.69 Å². The van der Waals surface area contributed by atoms with E-state index in [4.69, 9.17) is 9.73 Å². The summed E-state index contributed by atoms with van der Waals surface area (Å²) in [6.45, 7) is 6.15. The first-order valence-corrected chi connectivity index (χ1v) is 11.4. The van der Waals surface area contributed by atoms with Gasteiger partial charge in [0.05, 0.1) is 24.1 Å². The maximum atomic E-state index is 9.86. The molecule has 31 heavy (non-hydrogen) atoms. The van der Waals surface area contributed by atoms with Gasteiger partial charge in [-0.25, -0.2) is 0 Å². The standard InChI is InChI=1S/C24H28N4O2S/c1-16-26-27-22-15-25-23(20-14-18(30-4)8-11-21(20)28(16)22)17-6-9-19(10-7-17)31-13-5-12-24(2,3)29/h6-11,14,29H,5,12-13,15H2,1-4H3. The summed E-state index contributed by atoms with van der Waals surface area (Å²) in [5.41, 5.74) is 3.41. The van der Waals surface area contributed by atoms with Gasteiger partial charge in [-0.3, -0.25) is 9.56 Å². The Balaban J connectivity index is 1.60. The molecule has 0 aliphatic carbocycles. The van der Waals surface area contributed by atoms with E-state index in [2.05, 4.69) is 39.0 Å². The van der Waals surface area contributed by atoms with Crippen molar-refractivity contribution >= 4 is 17.5 Å². The highest BCUT2D eigenvalue weighted by Gasteiger charge is 2.22. The molecule has 2 aromatic carbocycles. The Kier molecular flexibility index (Phi) is 6.16. The number of ether oxygens (including phenoxy) is 1. The zero-order valence-electron chi connectivity index (χ0n) is 18.4. The summed E-state index contributed by atoms with van der Waals surface area (Å²) in [4.78, 5) is 6.12. The minimum Gasteiger partial charge on any atom is -0.497 e. The van der Waals surface area contributed by atoms with Gasteiger partial charge in [-0.15, -0.1) is 22.0 Å². The molecule has 0 atom stereocenters. The molecular formula is C24H28N4O2S. The second-order valence-corrected chi connectivity index (χ2v) is 9.50. The molecule has 3 aromatic rings. The topological polar surface area (TPSA) is 72.5 Å². The Hall–Kier alpha value is -2.64. The maximum absolute atomic E-state index is 9.86. The van der Waals surface area contributed by atoms with Crippen molar-refractivity contribution in [3.63, 3.8) is 0 Å². The fraction of sp³-hybridized carbons (Fsp3) is 0.375. The maximum Gasteiger partial charge on any atom is 0.159 e. The largest absolute Gasteiger partial charge is 0.497 e. The molecule has 0 radical (unpaired) electrons. The van der Waals surface area contributed by atoms with Crippen LogP contribution in [-0.4, -0.2) is 44.0 Å². The average Bonchev–Trinajstić information content (AvgIpc) is 3.03. The Labute approximate surface area is 187 Å². The number of aliphatic hydroxyl groups is 1. The van der Waals surface area contributed by atoms with Crippen LogP contribution >= 0.6 is 11.8 Å². The van der Waals surface area contributed by atoms with Crippen molar-refractivity contribution in [3.8, 4) is 11.4 Å². The molecule has 7 heteroatoms. The normalized spacial score (nSPS) is 13.3. The number of methoxy groups -OCH3 is 1. The van der Waals surface area contributed by atoms with E-state index in [1.54, 1.807) is 7.11 Å². The van der Waals surface area contributed by atoms with Crippen LogP contribution in [0.2, 0.25) is 0 Å². The molecular weight excluding hydrogens is 408 g/mol. The van der Waals surface area contributed by atoms with Gasteiger partial charge in [0.15, 0.2) is 5.82 Å². The molecule has 0 unspecified atom stereocenters. The van der Waals surface area contributed by atoms with E-state index in [-0.39, 0.29) is 0 Å². The molecule has 0 amide bonds. The third-order valence-corrected chi connectivity index (χ3v) is 6.40. The van der Waals surface area contributed by atoms with Crippen LogP contribution in [0.1, 0.15) is 49.5 Å². The zero-order chi connectivity index (χ0) is 22.0. The van der Waals surface area contributed by atoms with Crippen LogP contribution in [0.15, 0.2) is 52.4 Å². The number of hydrogen-bond donors (Lipinski definition) is 1. The van der Waals surface area contributed by atoms with Crippen molar-refractivity contribution in [2.24, 2.45) is 4.99 Å². The van der Waals surface area contributed by atoms with Crippen molar-refractivity contribution in [3.05, 3.63) is 65.2 Å². The minimum atomic E-state index is -0.599. The van der Waals surface area contributed by atoms with E-state index < -0.39 is 5.60 Å². The summed E-state index contributed by atoms with van der Waals surface area (Å²) in [5, 5.41) is 18.4. The number of thioether (sulfide) groups is 1. The SMILES string of the molecule is COc1ccc2c(c1)C(c1ccc(SCCCC(C)(C)O)cc1)=NCc1nnc(C)n1-2. The van der Waals surface area contributed by atoms with Gasteiger partial charge in [0.1, 0.15) is 18.1 Å². The summed E-state index contributed by atoms with van der Waals surface area (Å²) in [5.74, 6) is 3.45. The molecule has 1 aliphatic heterocycles. The van der Waals surface area contributed by atoms with Gasteiger partial charge < -0.3 is 9.84 Å². The molecule has 0 spiro atoms. The Morgan fingerprint density at radius 2 is 1.90 bits per heavy atom. The van der Waals surface area contributed by atoms with Gasteiger partial charge in [0.2, 0.25) is 0 Å². The number of rotatable bonds is 7. The van der Waals surface area contributed by atoms with Gasteiger partial charge in [-0.1, -0.05) is 12.1 Å². The van der Waals surface area contributed by atoms with Crippen LogP contribution in [0.4, 0.5) is 0 Å². The van der Waals surface area contributed by atoms with E-state index in [1.165, 1.54) is 4.90 Å². The van der Waals surface area contributed by atoms with Gasteiger partial charge in [0, 0.05) is 16.0 Å². The summed E-state index contributed by atoms with van der Waals surface area (Å²) in [7, 11) is 1.68. The van der Waals surface area contributed by atoms with Gasteiger partial charge in [-0.2, -0.15) is 0 Å². The fourth-order valence-corrected chi connectivity index (χ4v) is 4.59. The number of fused-ring (bicyclic) bond motifs is 3. The minimum absolute atomic E-state index is 0.473. The van der Waals surface area contributed by atoms with Crippen LogP contribution < -0.4 is 4.74 Å². The molecule has 6 nitrogen and oxygen atoms in total. The second-order valence-electron chi connectivity index (χ2n) is 8.34. The van der Waals surface area contributed by atoms with Crippen LogP contribution in [0.3, 0.4) is 0 Å². The van der Waals surface area contributed by atoms with Crippen molar-refractivity contribution in [1.29, 1.82) is 0 Å². The van der Waals surface area contributed by atoms with Gasteiger partial charge in [0.25, 0.3) is 0 Å². The van der Waals surface area contributed by atoms with E-state index in [0.29, 0.717) is 6.54 Å². The molecule has 4 rings (SSSR count). The number of aliphatic imine (C=N–C) groups is 1. The summed E-state index contributed by atoms with van der Waals surface area (Å²) in [6, 6.07) is 14.6. The first kappa shape index (κ1) is 21.6. The van der Waals surface area contributed by atoms with Crippen LogP contribution in [-0.2, 0) is 6.54 Å². The second kappa shape index (κ2) is 8.85. The fourth-order valence-electron chi connectivity index (χ4n) is 3.73. The Morgan fingerprint density at radius 1 is 1.13 bits per heavy atom. The number of aromatic nitrogens is 3. The third-order valence-electron chi connectivity index (χ3n) is 5.30. The highest BCUT2D eigenvalue weighted by Crippen LogP contribution is 2.30. The number of benzene rings is 2. The van der Waals surface area contributed by atoms with E-state index in [0.717, 1.165) is 58.5 Å². The lowest BCUT2D eigenvalue weighted by molar-refractivity contribution is 0.0706. The molecule has 1 N–H and O–H groups in total. The van der Waals surface area contributed by atoms with E-state index >= 15 is 0 Å². The lowest BCUT2D eigenvalue weighted by Crippen LogP contribution is -2.18. The van der Waals surface area contributed by atoms with Crippen LogP contribution in [0, 0.1) is 6.92 Å². The highest BCUT2D eigenvalue weighted by molar-refractivity contribution is 7.99. The summed E-state index contributed by atoms with van der Waals surface area (Å²) in [6.07, 6.45) is 1.78. The molecule has 1 aliphatic rings. The van der Waals surface area contributed by atoms with Gasteiger partial charge in [-0.05, 0) is 69.7 Å². The quantitative estimate of drug-likeness (QED) is 0.434. The summed E-state index contributed by atoms with van der Waals surface area (Å²) >= 11 is 1.81. The molecule has 2 heterocycles. The molecule has 0 fully saturated rings. The van der Waals surface area contributed by atoms with Crippen LogP contribution in [0.5, 0.6) is 5.75 Å². The Morgan fingerprint density at radius 3 is 2.61 bits per heavy atom. The first-order chi connectivity index (χ1) is 14.9. The Bertz CT molecular complexity index is 1100. The lowest BCUT2D eigenvalue weighted by Gasteiger charge is -2.16. The lowest BCUT2D eigenvalue weighted by atomic mass is 10.00. The zero-order valence-corrected chi connectivity index (χ0v) is 19.2.